The number of aryl methyl sites for hydroxylation is 1. The summed E-state index contributed by atoms with van der Waals surface area (Å²) in [6, 6.07) is 51.2. The Morgan fingerprint density at radius 2 is 1.26 bits per heavy atom. The number of para-hydroxylation sites is 1. The molecule has 1 N–H and O–H groups in total. The number of benzene rings is 6. The first-order valence-corrected chi connectivity index (χ1v) is 20.7. The van der Waals surface area contributed by atoms with Crippen LogP contribution in [0.5, 0.6) is 17.2 Å². The second-order valence-electron chi connectivity index (χ2n) is 12.3. The van der Waals surface area contributed by atoms with E-state index in [9.17, 15) is 4.79 Å². The molecule has 0 atom stereocenters. The zero-order valence-electron chi connectivity index (χ0n) is 31.7. The van der Waals surface area contributed by atoms with Crippen molar-refractivity contribution in [2.75, 3.05) is 27.6 Å². The number of methoxy groups -OCH3 is 2. The summed E-state index contributed by atoms with van der Waals surface area (Å²) >= 11 is 7.14. The molecule has 7 rings (SSSR count). The number of carbonyl (C=O) groups is 1. The summed E-state index contributed by atoms with van der Waals surface area (Å²) in [6.07, 6.45) is 0. The number of hydrogen-bond donors (Lipinski definition) is 3. The third-order valence-electron chi connectivity index (χ3n) is 8.74. The maximum absolute atomic E-state index is 12.9. The van der Waals surface area contributed by atoms with Crippen LogP contribution in [0.15, 0.2) is 158 Å². The van der Waals surface area contributed by atoms with E-state index >= 15 is 0 Å². The Labute approximate surface area is 347 Å². The van der Waals surface area contributed by atoms with Crippen molar-refractivity contribution in [3.63, 3.8) is 0 Å². The molecular formula is C44H44N4O6S3. The van der Waals surface area contributed by atoms with Gasteiger partial charge in [0.1, 0.15) is 34.9 Å². The Morgan fingerprint density at radius 1 is 0.719 bits per heavy atom. The van der Waals surface area contributed by atoms with E-state index in [1.807, 2.05) is 122 Å². The zero-order valence-corrected chi connectivity index (χ0v) is 34.3. The van der Waals surface area contributed by atoms with Gasteiger partial charge in [0.25, 0.3) is 6.79 Å². The van der Waals surface area contributed by atoms with Crippen LogP contribution >= 0.6 is 33.1 Å². The monoisotopic (exact) mass is 820 g/mol. The van der Waals surface area contributed by atoms with E-state index in [-0.39, 0.29) is 25.9 Å². The van der Waals surface area contributed by atoms with E-state index in [0.717, 1.165) is 48.9 Å². The van der Waals surface area contributed by atoms with Crippen LogP contribution in [0.1, 0.15) is 27.8 Å². The standard InChI is InChI=1S/C30H29NO4.C14H13N3O2.H2S3/c1-33-27-19-18-23(28(20-27)34-2)22-35-29(32)21-31-30(24-12-6-3-7-13-24,25-14-8-4-9-15-25)26-16-10-5-11-17-26;1-11-6-8-12(9-7-11)18-10-19-17-14-5-3-2-4-13(14)15-16-17;1-3-2/h3-20,31H,21-22H2,1-2H3;2-9H,10H2,1H3;1-2H. The van der Waals surface area contributed by atoms with Gasteiger partial charge in [0.15, 0.2) is 0 Å². The predicted molar refractivity (Wildman–Crippen MR) is 233 cm³/mol. The lowest BCUT2D eigenvalue weighted by Crippen LogP contribution is -2.47. The highest BCUT2D eigenvalue weighted by Gasteiger charge is 2.36. The highest BCUT2D eigenvalue weighted by molar-refractivity contribution is 9.01. The number of rotatable bonds is 14. The lowest BCUT2D eigenvalue weighted by molar-refractivity contribution is -0.144. The van der Waals surface area contributed by atoms with Gasteiger partial charge >= 0.3 is 5.97 Å². The number of aromatic nitrogens is 3. The lowest BCUT2D eigenvalue weighted by atomic mass is 9.77. The fourth-order valence-corrected chi connectivity index (χ4v) is 5.98. The average molecular weight is 821 g/mol. The van der Waals surface area contributed by atoms with Crippen molar-refractivity contribution in [3.05, 3.63) is 186 Å². The van der Waals surface area contributed by atoms with Gasteiger partial charge in [-0.25, -0.2) is 0 Å². The van der Waals surface area contributed by atoms with Crippen LogP contribution in [0.2, 0.25) is 0 Å². The molecule has 0 spiro atoms. The van der Waals surface area contributed by atoms with Gasteiger partial charge in [0, 0.05) is 11.6 Å². The van der Waals surface area contributed by atoms with Gasteiger partial charge in [0.05, 0.1) is 26.3 Å². The summed E-state index contributed by atoms with van der Waals surface area (Å²) in [5.41, 5.74) is 5.91. The van der Waals surface area contributed by atoms with Crippen LogP contribution in [0.25, 0.3) is 11.0 Å². The van der Waals surface area contributed by atoms with Crippen LogP contribution in [-0.2, 0) is 21.7 Å². The van der Waals surface area contributed by atoms with Crippen LogP contribution in [0.4, 0.5) is 0 Å². The molecule has 294 valence electrons. The normalized spacial score (nSPS) is 10.6. The molecule has 1 aromatic heterocycles. The lowest BCUT2D eigenvalue weighted by Gasteiger charge is -2.36. The Kier molecular flexibility index (Phi) is 16.6. The predicted octanol–water partition coefficient (Wildman–Crippen LogP) is 8.94. The average Bonchev–Trinajstić information content (AvgIpc) is 3.68. The summed E-state index contributed by atoms with van der Waals surface area (Å²) < 4.78 is 21.8. The van der Waals surface area contributed by atoms with E-state index in [2.05, 4.69) is 75.3 Å². The fraction of sp³-hybridized carbons (Fsp3) is 0.159. The Bertz CT molecular complexity index is 2150. The molecule has 0 saturated carbocycles. The maximum atomic E-state index is 12.9. The SMILES string of the molecule is COc1ccc(COC(=O)CNC(c2ccccc2)(c2ccccc2)c2ccccc2)c(OC)c1.Cc1ccc(OCOn2nnc3ccccc32)cc1.SSS. The molecule has 57 heavy (non-hydrogen) atoms. The molecule has 0 radical (unpaired) electrons. The number of hydrogen-bond acceptors (Lipinski definition) is 12. The number of ether oxygens (including phenoxy) is 4. The van der Waals surface area contributed by atoms with Crippen LogP contribution < -0.4 is 24.4 Å². The summed E-state index contributed by atoms with van der Waals surface area (Å²) in [5.74, 6) is 1.68. The molecule has 6 aromatic carbocycles. The summed E-state index contributed by atoms with van der Waals surface area (Å²) in [6.45, 7) is 2.22. The van der Waals surface area contributed by atoms with Crippen molar-refractivity contribution in [2.24, 2.45) is 0 Å². The van der Waals surface area contributed by atoms with Gasteiger partial charge in [-0.1, -0.05) is 149 Å². The molecule has 0 unspecified atom stereocenters. The molecule has 0 fully saturated rings. The van der Waals surface area contributed by atoms with Gasteiger partial charge in [-0.3, -0.25) is 10.1 Å². The largest absolute Gasteiger partial charge is 0.497 e. The quantitative estimate of drug-likeness (QED) is 0.0324. The molecule has 7 aromatic rings. The molecule has 10 nitrogen and oxygen atoms in total. The second kappa shape index (κ2) is 22.2. The Balaban J connectivity index is 0.000000236. The van der Waals surface area contributed by atoms with Crippen molar-refractivity contribution in [1.82, 2.24) is 20.5 Å². The first-order valence-electron chi connectivity index (χ1n) is 17.8. The molecule has 13 heteroatoms. The molecule has 0 saturated heterocycles. The van der Waals surface area contributed by atoms with Gasteiger partial charge in [-0.15, -0.1) is 5.10 Å². The van der Waals surface area contributed by atoms with Gasteiger partial charge in [-0.2, -0.15) is 0 Å². The number of thiol groups is 2. The first-order chi connectivity index (χ1) is 27.9. The maximum Gasteiger partial charge on any atom is 0.320 e. The van der Waals surface area contributed by atoms with Gasteiger partial charge < -0.3 is 23.8 Å². The van der Waals surface area contributed by atoms with Gasteiger partial charge in [-0.05, 0) is 75.1 Å². The van der Waals surface area contributed by atoms with Crippen molar-refractivity contribution >= 4 is 50.2 Å². The van der Waals surface area contributed by atoms with Gasteiger partial charge in [0.2, 0.25) is 0 Å². The Hall–Kier alpha value is -5.60. The number of esters is 1. The molecule has 0 amide bonds. The topological polar surface area (TPSA) is 106 Å². The Morgan fingerprint density at radius 3 is 1.82 bits per heavy atom. The minimum atomic E-state index is -0.736. The second-order valence-corrected chi connectivity index (χ2v) is 14.4. The molecule has 0 aliphatic rings. The van der Waals surface area contributed by atoms with Crippen molar-refractivity contribution < 1.29 is 28.6 Å². The molecule has 0 bridgehead atoms. The third kappa shape index (κ3) is 11.7. The number of fused-ring (bicyclic) bond motifs is 1. The van der Waals surface area contributed by atoms with Crippen LogP contribution in [-0.4, -0.2) is 48.7 Å². The van der Waals surface area contributed by atoms with E-state index in [0.29, 0.717) is 11.5 Å². The number of carbonyl (C=O) groups excluding carboxylic acids is 1. The van der Waals surface area contributed by atoms with Crippen LogP contribution in [0, 0.1) is 6.92 Å². The smallest absolute Gasteiger partial charge is 0.320 e. The molecule has 0 aliphatic carbocycles. The fourth-order valence-electron chi connectivity index (χ4n) is 5.98. The number of nitrogens with zero attached hydrogens (tertiary/aromatic N) is 3. The molecular weight excluding hydrogens is 777 g/mol. The third-order valence-corrected chi connectivity index (χ3v) is 8.74. The van der Waals surface area contributed by atoms with Crippen molar-refractivity contribution in [2.45, 2.75) is 19.1 Å². The van der Waals surface area contributed by atoms with E-state index in [1.165, 1.54) is 10.4 Å². The minimum Gasteiger partial charge on any atom is -0.497 e. The highest BCUT2D eigenvalue weighted by atomic mass is 33.5. The highest BCUT2D eigenvalue weighted by Crippen LogP contribution is 2.36. The number of nitrogens with one attached hydrogen (secondary N) is 1. The van der Waals surface area contributed by atoms with Crippen molar-refractivity contribution in [1.29, 1.82) is 0 Å². The van der Waals surface area contributed by atoms with E-state index in [1.54, 1.807) is 20.3 Å². The minimum absolute atomic E-state index is 0.0111. The summed E-state index contributed by atoms with van der Waals surface area (Å²) in [7, 11) is 4.31. The van der Waals surface area contributed by atoms with E-state index < -0.39 is 5.54 Å². The first kappa shape index (κ1) is 42.5. The molecule has 0 aliphatic heterocycles. The zero-order chi connectivity index (χ0) is 40.3. The summed E-state index contributed by atoms with van der Waals surface area (Å²) in [5, 5.41) is 11.4. The van der Waals surface area contributed by atoms with E-state index in [4.69, 9.17) is 23.8 Å². The van der Waals surface area contributed by atoms with Crippen LogP contribution in [0.3, 0.4) is 0 Å². The summed E-state index contributed by atoms with van der Waals surface area (Å²) in [4.78, 5) is 19.7. The molecule has 1 heterocycles. The van der Waals surface area contributed by atoms with Crippen molar-refractivity contribution in [3.8, 4) is 17.2 Å².